The van der Waals surface area contributed by atoms with Gasteiger partial charge in [0.2, 0.25) is 0 Å². The van der Waals surface area contributed by atoms with Crippen molar-refractivity contribution in [1.82, 2.24) is 0 Å². The normalized spacial score (nSPS) is 12.3. The molecule has 0 N–H and O–H groups in total. The molecule has 6 heteroatoms. The zero-order chi connectivity index (χ0) is 55.0. The van der Waals surface area contributed by atoms with E-state index in [4.69, 9.17) is 14.2 Å². The van der Waals surface area contributed by atoms with Crippen molar-refractivity contribution >= 4 is 17.9 Å². The van der Waals surface area contributed by atoms with Crippen molar-refractivity contribution in [2.24, 2.45) is 0 Å². The summed E-state index contributed by atoms with van der Waals surface area (Å²) in [5.41, 5.74) is 0. The molecule has 0 aliphatic carbocycles. The number of rotatable bonds is 62. The number of carbonyl (C=O) groups excluding carboxylic acids is 3. The molecule has 0 aliphatic rings. The lowest BCUT2D eigenvalue weighted by Crippen LogP contribution is -2.30. The van der Waals surface area contributed by atoms with Gasteiger partial charge in [0.1, 0.15) is 13.2 Å². The number of esters is 3. The van der Waals surface area contributed by atoms with Gasteiger partial charge in [-0.3, -0.25) is 14.4 Å². The quantitative estimate of drug-likeness (QED) is 0.0261. The molecule has 0 saturated heterocycles. The highest BCUT2D eigenvalue weighted by molar-refractivity contribution is 5.71. The van der Waals surface area contributed by atoms with Crippen molar-refractivity contribution in [3.8, 4) is 0 Å². The van der Waals surface area contributed by atoms with Crippen molar-refractivity contribution < 1.29 is 28.6 Å². The third-order valence-corrected chi connectivity index (χ3v) is 15.1. The Labute approximate surface area is 473 Å². The Bertz CT molecular complexity index is 1310. The Balaban J connectivity index is 3.99. The summed E-state index contributed by atoms with van der Waals surface area (Å²) in [6, 6.07) is 0. The van der Waals surface area contributed by atoms with Crippen LogP contribution in [0.4, 0.5) is 0 Å². The first-order chi connectivity index (χ1) is 37.5. The highest BCUT2D eigenvalue weighted by Crippen LogP contribution is 2.18. The first kappa shape index (κ1) is 73.4. The van der Waals surface area contributed by atoms with Gasteiger partial charge in [-0.05, 0) is 83.5 Å². The fourth-order valence-electron chi connectivity index (χ4n) is 9.98. The summed E-state index contributed by atoms with van der Waals surface area (Å²) in [5.74, 6) is -0.865. The molecule has 0 heterocycles. The van der Waals surface area contributed by atoms with Crippen LogP contribution in [0.1, 0.15) is 361 Å². The monoisotopic (exact) mass is 1060 g/mol. The van der Waals surface area contributed by atoms with Gasteiger partial charge in [0.15, 0.2) is 6.10 Å². The molecule has 0 spiro atoms. The zero-order valence-corrected chi connectivity index (χ0v) is 51.0. The maximum atomic E-state index is 12.8. The minimum Gasteiger partial charge on any atom is -0.462 e. The molecule has 0 aromatic heterocycles. The number of carbonyl (C=O) groups is 3. The minimum absolute atomic E-state index is 0.0708. The SMILES string of the molecule is CCCCCCC/C=C\C/C=C\CCCCCCCCCCCCCCCCCCCCCC(=O)OCC(COC(=O)CCCCCCCC)OC(=O)CCCCCCCCCCC/C=C\C/C=C\CCCCCCC. The standard InChI is InChI=1S/C70H128O6/c1-4-7-10-13-16-18-20-22-24-26-28-30-31-32-33-34-35-36-37-38-39-41-42-44-46-48-50-52-54-57-60-63-69(72)75-66-67(65-74-68(71)62-59-56-15-12-9-6-3)76-70(73)64-61-58-55-53-51-49-47-45-43-40-29-27-25-23-21-19-17-14-11-8-5-2/h20-23,26-29,67H,4-19,24-25,30-66H2,1-3H3/b22-20-,23-21-,28-26-,29-27-. The molecular formula is C70H128O6. The van der Waals surface area contributed by atoms with E-state index in [9.17, 15) is 14.4 Å². The van der Waals surface area contributed by atoms with E-state index in [2.05, 4.69) is 69.4 Å². The lowest BCUT2D eigenvalue weighted by molar-refractivity contribution is -0.167. The van der Waals surface area contributed by atoms with Gasteiger partial charge in [-0.25, -0.2) is 0 Å². The molecule has 0 aromatic carbocycles. The molecule has 444 valence electrons. The summed E-state index contributed by atoms with van der Waals surface area (Å²) in [7, 11) is 0. The summed E-state index contributed by atoms with van der Waals surface area (Å²) in [4.78, 5) is 38.0. The second-order valence-electron chi connectivity index (χ2n) is 22.7. The number of hydrogen-bond acceptors (Lipinski definition) is 6. The maximum absolute atomic E-state index is 12.8. The Morgan fingerprint density at radius 3 is 0.724 bits per heavy atom. The average molecular weight is 1070 g/mol. The van der Waals surface area contributed by atoms with Gasteiger partial charge in [-0.2, -0.15) is 0 Å². The molecule has 0 rings (SSSR count). The lowest BCUT2D eigenvalue weighted by Gasteiger charge is -2.18. The highest BCUT2D eigenvalue weighted by atomic mass is 16.6. The van der Waals surface area contributed by atoms with Crippen LogP contribution in [0.2, 0.25) is 0 Å². The number of unbranched alkanes of at least 4 members (excludes halogenated alkanes) is 43. The van der Waals surface area contributed by atoms with Gasteiger partial charge < -0.3 is 14.2 Å². The fraction of sp³-hybridized carbons (Fsp3) is 0.843. The molecule has 1 atom stereocenters. The van der Waals surface area contributed by atoms with E-state index in [1.807, 2.05) is 0 Å². The van der Waals surface area contributed by atoms with Gasteiger partial charge >= 0.3 is 17.9 Å². The van der Waals surface area contributed by atoms with E-state index in [-0.39, 0.29) is 31.1 Å². The number of hydrogen-bond donors (Lipinski definition) is 0. The third-order valence-electron chi connectivity index (χ3n) is 15.1. The van der Waals surface area contributed by atoms with Crippen LogP contribution in [-0.4, -0.2) is 37.2 Å². The van der Waals surface area contributed by atoms with Crippen LogP contribution in [0.25, 0.3) is 0 Å². The second kappa shape index (κ2) is 64.9. The molecule has 6 nitrogen and oxygen atoms in total. The molecule has 0 fully saturated rings. The Hall–Kier alpha value is -2.63. The van der Waals surface area contributed by atoms with Crippen molar-refractivity contribution in [1.29, 1.82) is 0 Å². The smallest absolute Gasteiger partial charge is 0.306 e. The van der Waals surface area contributed by atoms with Gasteiger partial charge in [0.25, 0.3) is 0 Å². The Kier molecular flexibility index (Phi) is 62.6. The van der Waals surface area contributed by atoms with Crippen molar-refractivity contribution in [2.75, 3.05) is 13.2 Å². The second-order valence-corrected chi connectivity index (χ2v) is 22.7. The van der Waals surface area contributed by atoms with Crippen LogP contribution in [0.15, 0.2) is 48.6 Å². The number of ether oxygens (including phenoxy) is 3. The number of allylic oxidation sites excluding steroid dienone is 8. The molecule has 0 saturated carbocycles. The molecule has 0 radical (unpaired) electrons. The lowest BCUT2D eigenvalue weighted by atomic mass is 10.0. The minimum atomic E-state index is -0.771. The highest BCUT2D eigenvalue weighted by Gasteiger charge is 2.19. The van der Waals surface area contributed by atoms with Gasteiger partial charge in [0, 0.05) is 19.3 Å². The van der Waals surface area contributed by atoms with Crippen LogP contribution in [0.5, 0.6) is 0 Å². The topological polar surface area (TPSA) is 78.9 Å². The predicted octanol–water partition coefficient (Wildman–Crippen LogP) is 22.9. The van der Waals surface area contributed by atoms with Crippen molar-refractivity contribution in [3.05, 3.63) is 48.6 Å². The van der Waals surface area contributed by atoms with Gasteiger partial charge in [-0.1, -0.05) is 307 Å². The van der Waals surface area contributed by atoms with E-state index < -0.39 is 6.10 Å². The predicted molar refractivity (Wildman–Crippen MR) is 330 cm³/mol. The van der Waals surface area contributed by atoms with Crippen LogP contribution in [-0.2, 0) is 28.6 Å². The molecule has 76 heavy (non-hydrogen) atoms. The van der Waals surface area contributed by atoms with E-state index in [1.165, 1.54) is 250 Å². The van der Waals surface area contributed by atoms with Crippen molar-refractivity contribution in [2.45, 2.75) is 367 Å². The van der Waals surface area contributed by atoms with Crippen LogP contribution in [0.3, 0.4) is 0 Å². The van der Waals surface area contributed by atoms with E-state index in [1.54, 1.807) is 0 Å². The van der Waals surface area contributed by atoms with Crippen LogP contribution < -0.4 is 0 Å². The summed E-state index contributed by atoms with van der Waals surface area (Å²) in [6.45, 7) is 6.61. The summed E-state index contributed by atoms with van der Waals surface area (Å²) >= 11 is 0. The zero-order valence-electron chi connectivity index (χ0n) is 51.0. The Morgan fingerprint density at radius 2 is 0.474 bits per heavy atom. The van der Waals surface area contributed by atoms with Gasteiger partial charge in [-0.15, -0.1) is 0 Å². The molecular weight excluding hydrogens is 937 g/mol. The largest absolute Gasteiger partial charge is 0.462 e. The molecule has 0 bridgehead atoms. The fourth-order valence-corrected chi connectivity index (χ4v) is 9.98. The van der Waals surface area contributed by atoms with Crippen LogP contribution >= 0.6 is 0 Å². The van der Waals surface area contributed by atoms with E-state index in [0.717, 1.165) is 70.6 Å². The van der Waals surface area contributed by atoms with E-state index >= 15 is 0 Å². The third kappa shape index (κ3) is 62.2. The molecule has 0 aromatic rings. The maximum Gasteiger partial charge on any atom is 0.306 e. The van der Waals surface area contributed by atoms with Crippen LogP contribution in [0, 0.1) is 0 Å². The molecule has 0 amide bonds. The molecule has 0 aliphatic heterocycles. The molecule has 1 unspecified atom stereocenters. The summed E-state index contributed by atoms with van der Waals surface area (Å²) in [6.07, 6.45) is 81.7. The summed E-state index contributed by atoms with van der Waals surface area (Å²) in [5, 5.41) is 0. The van der Waals surface area contributed by atoms with E-state index in [0.29, 0.717) is 19.3 Å². The Morgan fingerprint density at radius 1 is 0.263 bits per heavy atom. The first-order valence-corrected chi connectivity index (χ1v) is 33.6. The average Bonchev–Trinajstić information content (AvgIpc) is 3.42. The summed E-state index contributed by atoms with van der Waals surface area (Å²) < 4.78 is 16.8. The van der Waals surface area contributed by atoms with Gasteiger partial charge in [0.05, 0.1) is 0 Å². The first-order valence-electron chi connectivity index (χ1n) is 33.6. The van der Waals surface area contributed by atoms with Crippen molar-refractivity contribution in [3.63, 3.8) is 0 Å².